The Morgan fingerprint density at radius 1 is 1.50 bits per heavy atom. The first-order valence-electron chi connectivity index (χ1n) is 5.75. The van der Waals surface area contributed by atoms with Gasteiger partial charge < -0.3 is 14.2 Å². The third kappa shape index (κ3) is 2.54. The number of carbonyl (C=O) groups excluding carboxylic acids is 1. The van der Waals surface area contributed by atoms with E-state index in [2.05, 4.69) is 0 Å². The van der Waals surface area contributed by atoms with Crippen LogP contribution < -0.4 is 9.47 Å². The third-order valence-electron chi connectivity index (χ3n) is 2.55. The second-order valence-corrected chi connectivity index (χ2v) is 3.88. The standard InChI is InChI=1S/C13H13NO4/c1-2-3-10(7-14)18-13(15)9-4-5-11-12(6-9)17-8-16-11/h4-6,10H,2-3,8H2,1H3/t10-/m0/s1. The van der Waals surface area contributed by atoms with Crippen molar-refractivity contribution in [2.24, 2.45) is 0 Å². The highest BCUT2D eigenvalue weighted by atomic mass is 16.7. The van der Waals surface area contributed by atoms with Crippen LogP contribution >= 0.6 is 0 Å². The van der Waals surface area contributed by atoms with Gasteiger partial charge in [0, 0.05) is 0 Å². The number of benzene rings is 1. The molecule has 1 heterocycles. The smallest absolute Gasteiger partial charge is 0.339 e. The molecule has 5 nitrogen and oxygen atoms in total. The lowest BCUT2D eigenvalue weighted by Crippen LogP contribution is -2.16. The fourth-order valence-corrected chi connectivity index (χ4v) is 1.63. The largest absolute Gasteiger partial charge is 0.454 e. The number of ether oxygens (including phenoxy) is 3. The summed E-state index contributed by atoms with van der Waals surface area (Å²) < 4.78 is 15.4. The average molecular weight is 247 g/mol. The first kappa shape index (κ1) is 12.2. The van der Waals surface area contributed by atoms with Crippen molar-refractivity contribution >= 4 is 5.97 Å². The molecule has 0 aromatic heterocycles. The van der Waals surface area contributed by atoms with Crippen LogP contribution in [0.25, 0.3) is 0 Å². The number of hydrogen-bond donors (Lipinski definition) is 0. The summed E-state index contributed by atoms with van der Waals surface area (Å²) in [4.78, 5) is 11.8. The van der Waals surface area contributed by atoms with Crippen LogP contribution in [-0.4, -0.2) is 18.9 Å². The van der Waals surface area contributed by atoms with Crippen molar-refractivity contribution in [3.63, 3.8) is 0 Å². The molecule has 5 heteroatoms. The molecule has 18 heavy (non-hydrogen) atoms. The quantitative estimate of drug-likeness (QED) is 0.763. The lowest BCUT2D eigenvalue weighted by atomic mass is 10.2. The molecule has 0 aliphatic carbocycles. The normalized spacial score (nSPS) is 13.8. The molecular weight excluding hydrogens is 234 g/mol. The maximum Gasteiger partial charge on any atom is 0.339 e. The molecule has 0 radical (unpaired) electrons. The van der Waals surface area contributed by atoms with E-state index in [-0.39, 0.29) is 6.79 Å². The van der Waals surface area contributed by atoms with Crippen molar-refractivity contribution < 1.29 is 19.0 Å². The van der Waals surface area contributed by atoms with Crippen LogP contribution in [0.3, 0.4) is 0 Å². The molecule has 0 saturated carbocycles. The molecule has 0 unspecified atom stereocenters. The summed E-state index contributed by atoms with van der Waals surface area (Å²) in [6.07, 6.45) is 0.618. The molecule has 0 N–H and O–H groups in total. The minimum Gasteiger partial charge on any atom is -0.454 e. The number of hydrogen-bond acceptors (Lipinski definition) is 5. The summed E-state index contributed by atoms with van der Waals surface area (Å²) in [5.74, 6) is 0.610. The van der Waals surface area contributed by atoms with Gasteiger partial charge in [-0.3, -0.25) is 0 Å². The zero-order chi connectivity index (χ0) is 13.0. The highest BCUT2D eigenvalue weighted by Gasteiger charge is 2.19. The van der Waals surface area contributed by atoms with Crippen LogP contribution in [0.1, 0.15) is 30.1 Å². The van der Waals surface area contributed by atoms with Crippen LogP contribution in [0.5, 0.6) is 11.5 Å². The van der Waals surface area contributed by atoms with Gasteiger partial charge in [0.05, 0.1) is 5.56 Å². The predicted octanol–water partition coefficient (Wildman–Crippen LogP) is 2.26. The van der Waals surface area contributed by atoms with E-state index < -0.39 is 12.1 Å². The number of nitrogens with zero attached hydrogens (tertiary/aromatic N) is 1. The molecule has 1 aromatic carbocycles. The lowest BCUT2D eigenvalue weighted by molar-refractivity contribution is 0.0392. The van der Waals surface area contributed by atoms with Gasteiger partial charge in [-0.05, 0) is 24.6 Å². The van der Waals surface area contributed by atoms with Gasteiger partial charge in [-0.2, -0.15) is 5.26 Å². The fourth-order valence-electron chi connectivity index (χ4n) is 1.63. The summed E-state index contributed by atoms with van der Waals surface area (Å²) in [7, 11) is 0. The first-order chi connectivity index (χ1) is 8.74. The van der Waals surface area contributed by atoms with Gasteiger partial charge in [0.25, 0.3) is 0 Å². The van der Waals surface area contributed by atoms with Crippen LogP contribution in [0.4, 0.5) is 0 Å². The number of rotatable bonds is 4. The number of carbonyl (C=O) groups is 1. The van der Waals surface area contributed by atoms with Crippen molar-refractivity contribution in [3.8, 4) is 17.6 Å². The van der Waals surface area contributed by atoms with Crippen LogP contribution in [0.2, 0.25) is 0 Å². The maximum absolute atomic E-state index is 11.8. The molecular formula is C13H13NO4. The van der Waals surface area contributed by atoms with Crippen LogP contribution in [-0.2, 0) is 4.74 Å². The van der Waals surface area contributed by atoms with E-state index in [1.807, 2.05) is 13.0 Å². The Hall–Kier alpha value is -2.22. The second kappa shape index (κ2) is 5.41. The number of nitriles is 1. The Bertz CT molecular complexity index is 492. The van der Waals surface area contributed by atoms with Gasteiger partial charge in [0.1, 0.15) is 6.07 Å². The van der Waals surface area contributed by atoms with Crippen molar-refractivity contribution in [2.45, 2.75) is 25.9 Å². The Morgan fingerprint density at radius 3 is 3.00 bits per heavy atom. The molecule has 0 bridgehead atoms. The van der Waals surface area contributed by atoms with Crippen molar-refractivity contribution in [2.75, 3.05) is 6.79 Å². The molecule has 0 saturated heterocycles. The van der Waals surface area contributed by atoms with E-state index in [1.54, 1.807) is 18.2 Å². The van der Waals surface area contributed by atoms with E-state index in [1.165, 1.54) is 0 Å². The monoisotopic (exact) mass is 247 g/mol. The molecule has 1 aromatic rings. The van der Waals surface area contributed by atoms with Gasteiger partial charge in [0.2, 0.25) is 6.79 Å². The van der Waals surface area contributed by atoms with Crippen molar-refractivity contribution in [1.82, 2.24) is 0 Å². The molecule has 0 fully saturated rings. The molecule has 1 atom stereocenters. The van der Waals surface area contributed by atoms with Crippen molar-refractivity contribution in [1.29, 1.82) is 5.26 Å². The highest BCUT2D eigenvalue weighted by Crippen LogP contribution is 2.32. The Morgan fingerprint density at radius 2 is 2.28 bits per heavy atom. The minimum atomic E-state index is -0.701. The van der Waals surface area contributed by atoms with E-state index in [4.69, 9.17) is 19.5 Å². The first-order valence-corrected chi connectivity index (χ1v) is 5.75. The number of esters is 1. The average Bonchev–Trinajstić information content (AvgIpc) is 2.85. The van der Waals surface area contributed by atoms with Gasteiger partial charge in [-0.15, -0.1) is 0 Å². The molecule has 0 spiro atoms. The van der Waals surface area contributed by atoms with E-state index in [0.717, 1.165) is 6.42 Å². The summed E-state index contributed by atoms with van der Waals surface area (Å²) in [6, 6.07) is 6.76. The SMILES string of the molecule is CCC[C@@H](C#N)OC(=O)c1ccc2c(c1)OCO2. The van der Waals surface area contributed by atoms with Crippen LogP contribution in [0.15, 0.2) is 18.2 Å². The molecule has 1 aliphatic rings. The summed E-state index contributed by atoms with van der Waals surface area (Å²) in [5, 5.41) is 8.84. The van der Waals surface area contributed by atoms with Gasteiger partial charge >= 0.3 is 5.97 Å². The van der Waals surface area contributed by atoms with E-state index in [0.29, 0.717) is 23.5 Å². The third-order valence-corrected chi connectivity index (χ3v) is 2.55. The molecule has 1 aliphatic heterocycles. The molecule has 94 valence electrons. The predicted molar refractivity (Wildman–Crippen MR) is 62.3 cm³/mol. The lowest BCUT2D eigenvalue weighted by Gasteiger charge is -2.09. The zero-order valence-corrected chi connectivity index (χ0v) is 10.0. The summed E-state index contributed by atoms with van der Waals surface area (Å²) in [5.41, 5.74) is 0.357. The maximum atomic E-state index is 11.8. The topological polar surface area (TPSA) is 68.5 Å². The molecule has 2 rings (SSSR count). The molecule has 0 amide bonds. The Kier molecular flexibility index (Phi) is 3.68. The zero-order valence-electron chi connectivity index (χ0n) is 10.0. The number of fused-ring (bicyclic) bond motifs is 1. The van der Waals surface area contributed by atoms with Gasteiger partial charge in [-0.1, -0.05) is 13.3 Å². The fraction of sp³-hybridized carbons (Fsp3) is 0.385. The van der Waals surface area contributed by atoms with E-state index in [9.17, 15) is 4.79 Å². The Balaban J connectivity index is 2.07. The second-order valence-electron chi connectivity index (χ2n) is 3.88. The summed E-state index contributed by atoms with van der Waals surface area (Å²) in [6.45, 7) is 2.09. The Labute approximate surface area is 105 Å². The van der Waals surface area contributed by atoms with Crippen LogP contribution in [0, 0.1) is 11.3 Å². The van der Waals surface area contributed by atoms with Gasteiger partial charge in [-0.25, -0.2) is 4.79 Å². The highest BCUT2D eigenvalue weighted by molar-refractivity contribution is 5.90. The minimum absolute atomic E-state index is 0.157. The summed E-state index contributed by atoms with van der Waals surface area (Å²) >= 11 is 0. The van der Waals surface area contributed by atoms with E-state index >= 15 is 0 Å². The van der Waals surface area contributed by atoms with Gasteiger partial charge in [0.15, 0.2) is 17.6 Å². The van der Waals surface area contributed by atoms with Crippen molar-refractivity contribution in [3.05, 3.63) is 23.8 Å².